The summed E-state index contributed by atoms with van der Waals surface area (Å²) in [6, 6.07) is 5.31. The highest BCUT2D eigenvalue weighted by atomic mass is 35.5. The zero-order valence-corrected chi connectivity index (χ0v) is 16.5. The van der Waals surface area contributed by atoms with E-state index in [4.69, 9.17) is 27.9 Å². The van der Waals surface area contributed by atoms with Crippen molar-refractivity contribution >= 4 is 35.3 Å². The number of hydrogen-bond donors (Lipinski definition) is 0. The number of benzene rings is 1. The molecule has 144 valence electrons. The first-order chi connectivity index (χ1) is 13.5. The molecule has 3 aliphatic carbocycles. The molecule has 0 N–H and O–H groups in total. The fourth-order valence-electron chi connectivity index (χ4n) is 4.85. The first-order valence-corrected chi connectivity index (χ1v) is 9.97. The van der Waals surface area contributed by atoms with E-state index in [9.17, 15) is 4.79 Å². The molecule has 8 heteroatoms. The smallest absolute Gasteiger partial charge is 0.249 e. The number of amides is 1. The van der Waals surface area contributed by atoms with E-state index in [0.29, 0.717) is 29.0 Å². The second-order valence-corrected chi connectivity index (χ2v) is 8.77. The molecule has 4 aliphatic rings. The number of ether oxygens (including phenoxy) is 1. The summed E-state index contributed by atoms with van der Waals surface area (Å²) in [4.78, 5) is 21.4. The maximum Gasteiger partial charge on any atom is 0.249 e. The normalized spacial score (nSPS) is 29.9. The van der Waals surface area contributed by atoms with Crippen molar-refractivity contribution in [3.8, 4) is 5.88 Å². The van der Waals surface area contributed by atoms with Crippen LogP contribution >= 0.6 is 23.2 Å². The molecule has 0 radical (unpaired) electrons. The lowest BCUT2D eigenvalue weighted by atomic mass is 9.35. The molecule has 1 unspecified atom stereocenters. The van der Waals surface area contributed by atoms with Crippen LogP contribution in [0.1, 0.15) is 37.3 Å². The zero-order chi connectivity index (χ0) is 19.4. The summed E-state index contributed by atoms with van der Waals surface area (Å²) in [5.41, 5.74) is 0.587. The van der Waals surface area contributed by atoms with Crippen molar-refractivity contribution in [3.05, 3.63) is 52.4 Å². The SMILES string of the molecule is O=C(N1N=CCC1c1cccc(Cl)c1Cl)C12CC(COc3cnccn3)(C1)C2. The van der Waals surface area contributed by atoms with E-state index in [1.807, 2.05) is 12.1 Å². The van der Waals surface area contributed by atoms with Crippen LogP contribution in [0.4, 0.5) is 0 Å². The van der Waals surface area contributed by atoms with Crippen LogP contribution in [0.2, 0.25) is 10.0 Å². The second kappa shape index (κ2) is 6.42. The largest absolute Gasteiger partial charge is 0.476 e. The molecule has 1 atom stereocenters. The highest BCUT2D eigenvalue weighted by Gasteiger charge is 2.73. The van der Waals surface area contributed by atoms with Gasteiger partial charge in [-0.1, -0.05) is 35.3 Å². The van der Waals surface area contributed by atoms with Gasteiger partial charge in [0.1, 0.15) is 0 Å². The van der Waals surface area contributed by atoms with Gasteiger partial charge in [0.05, 0.1) is 34.3 Å². The van der Waals surface area contributed by atoms with Crippen molar-refractivity contribution in [2.75, 3.05) is 6.61 Å². The molecule has 2 aromatic rings. The monoisotopic (exact) mass is 416 g/mol. The molecule has 1 aromatic carbocycles. The highest BCUT2D eigenvalue weighted by Crippen LogP contribution is 2.74. The number of hydrazone groups is 1. The Hall–Kier alpha value is -2.18. The van der Waals surface area contributed by atoms with Crippen LogP contribution in [0.3, 0.4) is 0 Å². The third-order valence-corrected chi connectivity index (χ3v) is 6.87. The molecular weight excluding hydrogens is 399 g/mol. The minimum Gasteiger partial charge on any atom is -0.476 e. The van der Waals surface area contributed by atoms with Crippen LogP contribution in [0.15, 0.2) is 41.9 Å². The first-order valence-electron chi connectivity index (χ1n) is 9.21. The summed E-state index contributed by atoms with van der Waals surface area (Å²) in [6.07, 6.45) is 9.70. The molecule has 1 amide bonds. The Morgan fingerprint density at radius 1 is 1.25 bits per heavy atom. The maximum absolute atomic E-state index is 13.3. The van der Waals surface area contributed by atoms with Crippen LogP contribution in [-0.2, 0) is 4.79 Å². The van der Waals surface area contributed by atoms with Gasteiger partial charge in [0, 0.05) is 30.4 Å². The number of carbonyl (C=O) groups excluding carboxylic acids is 1. The molecule has 0 spiro atoms. The van der Waals surface area contributed by atoms with E-state index in [2.05, 4.69) is 15.1 Å². The van der Waals surface area contributed by atoms with Gasteiger partial charge in [0.25, 0.3) is 0 Å². The molecule has 6 nitrogen and oxygen atoms in total. The lowest BCUT2D eigenvalue weighted by Gasteiger charge is -2.69. The summed E-state index contributed by atoms with van der Waals surface area (Å²) >= 11 is 12.5. The number of nitrogens with zero attached hydrogens (tertiary/aromatic N) is 4. The number of halogens is 2. The van der Waals surface area contributed by atoms with Crippen molar-refractivity contribution in [2.45, 2.75) is 31.7 Å². The summed E-state index contributed by atoms with van der Waals surface area (Å²) < 4.78 is 5.76. The number of hydrogen-bond acceptors (Lipinski definition) is 5. The first kappa shape index (κ1) is 17.9. The summed E-state index contributed by atoms with van der Waals surface area (Å²) in [7, 11) is 0. The number of rotatable bonds is 5. The Bertz CT molecular complexity index is 946. The summed E-state index contributed by atoms with van der Waals surface area (Å²) in [6.45, 7) is 0.563. The van der Waals surface area contributed by atoms with Crippen LogP contribution in [0.5, 0.6) is 5.88 Å². The summed E-state index contributed by atoms with van der Waals surface area (Å²) in [5.74, 6) is 0.594. The number of carbonyl (C=O) groups is 1. The lowest BCUT2D eigenvalue weighted by Crippen LogP contribution is -2.69. The van der Waals surface area contributed by atoms with E-state index in [1.165, 1.54) is 0 Å². The van der Waals surface area contributed by atoms with Crippen molar-refractivity contribution in [2.24, 2.45) is 15.9 Å². The highest BCUT2D eigenvalue weighted by molar-refractivity contribution is 6.42. The average Bonchev–Trinajstić information content (AvgIpc) is 3.12. The number of aromatic nitrogens is 2. The second-order valence-electron chi connectivity index (χ2n) is 7.99. The molecule has 1 aromatic heterocycles. The topological polar surface area (TPSA) is 67.7 Å². The van der Waals surface area contributed by atoms with Gasteiger partial charge >= 0.3 is 0 Å². The van der Waals surface area contributed by atoms with Gasteiger partial charge < -0.3 is 4.74 Å². The van der Waals surface area contributed by atoms with E-state index < -0.39 is 0 Å². The third kappa shape index (κ3) is 2.70. The van der Waals surface area contributed by atoms with Gasteiger partial charge in [0.15, 0.2) is 0 Å². The van der Waals surface area contributed by atoms with E-state index in [0.717, 1.165) is 24.8 Å². The average molecular weight is 417 g/mol. The molecule has 0 saturated heterocycles. The predicted octanol–water partition coefficient (Wildman–Crippen LogP) is 4.29. The Morgan fingerprint density at radius 3 is 2.82 bits per heavy atom. The molecular formula is C20H18Cl2N4O2. The predicted molar refractivity (Wildman–Crippen MR) is 105 cm³/mol. The zero-order valence-electron chi connectivity index (χ0n) is 15.0. The Labute approximate surface area is 172 Å². The summed E-state index contributed by atoms with van der Waals surface area (Å²) in [5, 5.41) is 6.94. The van der Waals surface area contributed by atoms with E-state index in [1.54, 1.807) is 35.9 Å². The van der Waals surface area contributed by atoms with Crippen molar-refractivity contribution in [1.82, 2.24) is 15.0 Å². The molecule has 2 heterocycles. The van der Waals surface area contributed by atoms with Crippen LogP contribution in [0, 0.1) is 10.8 Å². The minimum atomic E-state index is -0.323. The Kier molecular flexibility index (Phi) is 4.10. The van der Waals surface area contributed by atoms with Gasteiger partial charge in [-0.15, -0.1) is 0 Å². The van der Waals surface area contributed by atoms with E-state index >= 15 is 0 Å². The Balaban J connectivity index is 1.25. The Morgan fingerprint density at radius 2 is 2.07 bits per heavy atom. The van der Waals surface area contributed by atoms with Crippen molar-refractivity contribution in [1.29, 1.82) is 0 Å². The van der Waals surface area contributed by atoms with Gasteiger partial charge in [-0.25, -0.2) is 9.99 Å². The standard InChI is InChI=1S/C20H18Cl2N4O2/c21-14-3-1-2-13(17(14)22)15-4-5-25-26(15)18(27)20-9-19(10-20,11-20)12-28-16-8-23-6-7-24-16/h1-3,5-8,15H,4,9-12H2. The molecule has 2 bridgehead atoms. The fourth-order valence-corrected chi connectivity index (χ4v) is 5.29. The van der Waals surface area contributed by atoms with Crippen LogP contribution < -0.4 is 4.74 Å². The van der Waals surface area contributed by atoms with Crippen molar-refractivity contribution < 1.29 is 9.53 Å². The van der Waals surface area contributed by atoms with Crippen LogP contribution in [-0.4, -0.2) is 33.7 Å². The van der Waals surface area contributed by atoms with Crippen molar-refractivity contribution in [3.63, 3.8) is 0 Å². The quantitative estimate of drug-likeness (QED) is 0.728. The van der Waals surface area contributed by atoms with Gasteiger partial charge in [-0.3, -0.25) is 9.78 Å². The molecule has 28 heavy (non-hydrogen) atoms. The van der Waals surface area contributed by atoms with Gasteiger partial charge in [-0.2, -0.15) is 5.10 Å². The minimum absolute atomic E-state index is 0.0693. The molecule has 3 saturated carbocycles. The fraction of sp³-hybridized carbons (Fsp3) is 0.400. The third-order valence-electron chi connectivity index (χ3n) is 6.04. The molecule has 1 aliphatic heterocycles. The van der Waals surface area contributed by atoms with Gasteiger partial charge in [0.2, 0.25) is 11.8 Å². The maximum atomic E-state index is 13.3. The van der Waals surface area contributed by atoms with Crippen LogP contribution in [0.25, 0.3) is 0 Å². The molecule has 3 fully saturated rings. The lowest BCUT2D eigenvalue weighted by molar-refractivity contribution is -0.227. The molecule has 6 rings (SSSR count). The van der Waals surface area contributed by atoms with E-state index in [-0.39, 0.29) is 22.8 Å². The van der Waals surface area contributed by atoms with Gasteiger partial charge in [-0.05, 0) is 30.9 Å².